The monoisotopic (exact) mass is 377 g/mol. The Morgan fingerprint density at radius 3 is 2.54 bits per heavy atom. The van der Waals surface area contributed by atoms with E-state index in [2.05, 4.69) is 5.10 Å². The molecule has 0 unspecified atom stereocenters. The number of hydrazone groups is 1. The molecule has 3 amide bonds. The molecule has 0 bridgehead atoms. The molecule has 3 rings (SSSR count). The summed E-state index contributed by atoms with van der Waals surface area (Å²) < 4.78 is 4.91. The Labute approximate surface area is 154 Å². The summed E-state index contributed by atoms with van der Waals surface area (Å²) in [5, 5.41) is 5.14. The van der Waals surface area contributed by atoms with Crippen LogP contribution in [0.25, 0.3) is 0 Å². The van der Waals surface area contributed by atoms with Crippen LogP contribution >= 0.6 is 11.6 Å². The van der Waals surface area contributed by atoms with E-state index in [-0.39, 0.29) is 18.0 Å². The molecule has 1 aromatic carbocycles. The predicted octanol–water partition coefficient (Wildman–Crippen LogP) is 1.29. The first-order valence-corrected chi connectivity index (χ1v) is 8.35. The standard InChI is InChI=1S/C17H16ClN3O5/c1-4-26-17(25)13-12-14(21(19-13)9(3)22)16(24)20(15(12)23)10-6-5-8(2)11(18)7-10/h5-7,12,14H,4H2,1-3H3/t12-,14+/m1/s1. The first kappa shape index (κ1) is 18.1. The fourth-order valence-corrected chi connectivity index (χ4v) is 3.20. The first-order valence-electron chi connectivity index (χ1n) is 7.97. The van der Waals surface area contributed by atoms with E-state index in [0.29, 0.717) is 5.02 Å². The molecular weight excluding hydrogens is 362 g/mol. The van der Waals surface area contributed by atoms with Crippen LogP contribution in [0.15, 0.2) is 23.3 Å². The quantitative estimate of drug-likeness (QED) is 0.584. The van der Waals surface area contributed by atoms with Gasteiger partial charge in [0.1, 0.15) is 5.92 Å². The molecule has 26 heavy (non-hydrogen) atoms. The van der Waals surface area contributed by atoms with Crippen LogP contribution < -0.4 is 4.90 Å². The van der Waals surface area contributed by atoms with Gasteiger partial charge in [0.25, 0.3) is 5.91 Å². The summed E-state index contributed by atoms with van der Waals surface area (Å²) in [5.41, 5.74) is 0.816. The molecule has 0 saturated carbocycles. The Balaban J connectivity index is 2.05. The third-order valence-electron chi connectivity index (χ3n) is 4.27. The van der Waals surface area contributed by atoms with Crippen LogP contribution in [-0.4, -0.2) is 47.1 Å². The molecule has 2 atom stereocenters. The van der Waals surface area contributed by atoms with Gasteiger partial charge < -0.3 is 4.74 Å². The number of hydrogen-bond donors (Lipinski definition) is 0. The molecule has 1 fully saturated rings. The molecule has 136 valence electrons. The van der Waals surface area contributed by atoms with E-state index in [0.717, 1.165) is 15.5 Å². The van der Waals surface area contributed by atoms with E-state index >= 15 is 0 Å². The van der Waals surface area contributed by atoms with Crippen LogP contribution in [0.4, 0.5) is 5.69 Å². The zero-order chi connectivity index (χ0) is 19.2. The first-order chi connectivity index (χ1) is 12.3. The number of anilines is 1. The molecule has 0 radical (unpaired) electrons. The number of benzene rings is 1. The van der Waals surface area contributed by atoms with Gasteiger partial charge in [-0.15, -0.1) is 0 Å². The molecule has 9 heteroatoms. The molecule has 2 aliphatic heterocycles. The molecule has 1 saturated heterocycles. The van der Waals surface area contributed by atoms with Gasteiger partial charge >= 0.3 is 5.97 Å². The average molecular weight is 378 g/mol. The van der Waals surface area contributed by atoms with Crippen molar-refractivity contribution in [3.8, 4) is 0 Å². The topological polar surface area (TPSA) is 96.3 Å². The highest BCUT2D eigenvalue weighted by Gasteiger charge is 2.59. The molecule has 1 aromatic rings. The Kier molecular flexibility index (Phi) is 4.53. The summed E-state index contributed by atoms with van der Waals surface area (Å²) in [6.07, 6.45) is 0. The number of carbonyl (C=O) groups excluding carboxylic acids is 4. The van der Waals surface area contributed by atoms with E-state index in [1.54, 1.807) is 26.0 Å². The fourth-order valence-electron chi connectivity index (χ4n) is 3.02. The SMILES string of the molecule is CCOC(=O)C1=NN(C(C)=O)[C@@H]2C(=O)N(c3ccc(C)c(Cl)c3)C(=O)[C@H]12. The van der Waals surface area contributed by atoms with E-state index in [4.69, 9.17) is 16.3 Å². The van der Waals surface area contributed by atoms with Crippen molar-refractivity contribution in [1.29, 1.82) is 0 Å². The number of rotatable bonds is 3. The van der Waals surface area contributed by atoms with Crippen LogP contribution in [0.2, 0.25) is 5.02 Å². The average Bonchev–Trinajstić information content (AvgIpc) is 3.09. The molecule has 0 N–H and O–H groups in total. The number of imide groups is 1. The summed E-state index contributed by atoms with van der Waals surface area (Å²) in [7, 11) is 0. The predicted molar refractivity (Wildman–Crippen MR) is 92.5 cm³/mol. The summed E-state index contributed by atoms with van der Waals surface area (Å²) in [6.45, 7) is 4.68. The fraction of sp³-hybridized carbons (Fsp3) is 0.353. The van der Waals surface area contributed by atoms with Gasteiger partial charge in [-0.25, -0.2) is 14.7 Å². The molecular formula is C17H16ClN3O5. The normalized spacial score (nSPS) is 21.8. The van der Waals surface area contributed by atoms with Gasteiger partial charge in [0.2, 0.25) is 11.8 Å². The van der Waals surface area contributed by atoms with Gasteiger partial charge in [-0.05, 0) is 31.5 Å². The van der Waals surface area contributed by atoms with E-state index < -0.39 is 35.7 Å². The molecule has 2 aliphatic rings. The summed E-state index contributed by atoms with van der Waals surface area (Å²) in [5.74, 6) is -3.85. The van der Waals surface area contributed by atoms with E-state index in [9.17, 15) is 19.2 Å². The van der Waals surface area contributed by atoms with Crippen molar-refractivity contribution in [2.45, 2.75) is 26.8 Å². The number of amides is 3. The van der Waals surface area contributed by atoms with Gasteiger partial charge in [0.05, 0.1) is 12.3 Å². The number of carbonyl (C=O) groups is 4. The van der Waals surface area contributed by atoms with Crippen molar-refractivity contribution in [3.63, 3.8) is 0 Å². The van der Waals surface area contributed by atoms with Crippen LogP contribution in [0, 0.1) is 12.8 Å². The summed E-state index contributed by atoms with van der Waals surface area (Å²) in [4.78, 5) is 50.8. The van der Waals surface area contributed by atoms with Crippen molar-refractivity contribution >= 4 is 46.7 Å². The molecule has 0 spiro atoms. The molecule has 8 nitrogen and oxygen atoms in total. The zero-order valence-electron chi connectivity index (χ0n) is 14.4. The number of esters is 1. The molecule has 2 heterocycles. The maximum absolute atomic E-state index is 12.9. The zero-order valence-corrected chi connectivity index (χ0v) is 15.1. The Morgan fingerprint density at radius 1 is 1.27 bits per heavy atom. The smallest absolute Gasteiger partial charge is 0.355 e. The van der Waals surface area contributed by atoms with Gasteiger partial charge in [-0.3, -0.25) is 14.4 Å². The number of ether oxygens (including phenoxy) is 1. The largest absolute Gasteiger partial charge is 0.461 e. The van der Waals surface area contributed by atoms with Crippen molar-refractivity contribution in [3.05, 3.63) is 28.8 Å². The highest BCUT2D eigenvalue weighted by molar-refractivity contribution is 6.47. The van der Waals surface area contributed by atoms with Crippen molar-refractivity contribution in [1.82, 2.24) is 5.01 Å². The van der Waals surface area contributed by atoms with Crippen molar-refractivity contribution in [2.24, 2.45) is 11.0 Å². The maximum Gasteiger partial charge on any atom is 0.355 e. The summed E-state index contributed by atoms with van der Waals surface area (Å²) in [6, 6.07) is 3.55. The lowest BCUT2D eigenvalue weighted by atomic mass is 9.98. The van der Waals surface area contributed by atoms with Crippen LogP contribution in [-0.2, 0) is 23.9 Å². The van der Waals surface area contributed by atoms with E-state index in [1.165, 1.54) is 13.0 Å². The highest BCUT2D eigenvalue weighted by atomic mass is 35.5. The lowest BCUT2D eigenvalue weighted by molar-refractivity contribution is -0.136. The van der Waals surface area contributed by atoms with Gasteiger partial charge in [-0.2, -0.15) is 5.10 Å². The lowest BCUT2D eigenvalue weighted by Crippen LogP contribution is -2.41. The molecule has 0 aliphatic carbocycles. The van der Waals surface area contributed by atoms with Crippen molar-refractivity contribution < 1.29 is 23.9 Å². The second kappa shape index (κ2) is 6.53. The lowest BCUT2D eigenvalue weighted by Gasteiger charge is -2.19. The van der Waals surface area contributed by atoms with Crippen molar-refractivity contribution in [2.75, 3.05) is 11.5 Å². The number of hydrogen-bond acceptors (Lipinski definition) is 6. The highest BCUT2D eigenvalue weighted by Crippen LogP contribution is 2.36. The molecule has 0 aromatic heterocycles. The number of aryl methyl sites for hydroxylation is 1. The van der Waals surface area contributed by atoms with Crippen LogP contribution in [0.3, 0.4) is 0 Å². The number of nitrogens with zero attached hydrogens (tertiary/aromatic N) is 3. The number of halogens is 1. The third kappa shape index (κ3) is 2.66. The third-order valence-corrected chi connectivity index (χ3v) is 4.68. The minimum Gasteiger partial charge on any atom is -0.461 e. The van der Waals surface area contributed by atoms with Crippen LogP contribution in [0.5, 0.6) is 0 Å². The van der Waals surface area contributed by atoms with Gasteiger partial charge in [0.15, 0.2) is 11.8 Å². The van der Waals surface area contributed by atoms with Gasteiger partial charge in [-0.1, -0.05) is 17.7 Å². The van der Waals surface area contributed by atoms with Gasteiger partial charge in [0, 0.05) is 11.9 Å². The summed E-state index contributed by atoms with van der Waals surface area (Å²) >= 11 is 6.10. The number of fused-ring (bicyclic) bond motifs is 1. The minimum absolute atomic E-state index is 0.0781. The Morgan fingerprint density at radius 2 is 1.96 bits per heavy atom. The van der Waals surface area contributed by atoms with E-state index in [1.807, 2.05) is 0 Å². The van der Waals surface area contributed by atoms with Crippen LogP contribution in [0.1, 0.15) is 19.4 Å². The second-order valence-electron chi connectivity index (χ2n) is 5.94. The minimum atomic E-state index is -1.19. The second-order valence-corrected chi connectivity index (χ2v) is 6.34. The maximum atomic E-state index is 12.9. The Hall–Kier alpha value is -2.74. The Bertz CT molecular complexity index is 866.